The summed E-state index contributed by atoms with van der Waals surface area (Å²) in [5.41, 5.74) is 5.28. The fraction of sp³-hybridized carbons (Fsp3) is 0.0909. The zero-order chi connectivity index (χ0) is 18.9. The first-order chi connectivity index (χ1) is 13.8. The van der Waals surface area contributed by atoms with Crippen molar-refractivity contribution in [2.24, 2.45) is 5.10 Å². The van der Waals surface area contributed by atoms with Gasteiger partial charge >= 0.3 is 0 Å². The molecule has 28 heavy (non-hydrogen) atoms. The summed E-state index contributed by atoms with van der Waals surface area (Å²) >= 11 is 1.63. The Balaban J connectivity index is 1.57. The Kier molecular flexibility index (Phi) is 4.18. The molecule has 1 amide bonds. The van der Waals surface area contributed by atoms with Crippen LogP contribution in [0.2, 0.25) is 0 Å². The monoisotopic (exact) mass is 384 g/mol. The van der Waals surface area contributed by atoms with Crippen LogP contribution in [0.5, 0.6) is 0 Å². The van der Waals surface area contributed by atoms with Crippen molar-refractivity contribution in [2.45, 2.75) is 12.5 Å². The highest BCUT2D eigenvalue weighted by molar-refractivity contribution is 7.08. The van der Waals surface area contributed by atoms with Crippen LogP contribution in [0.15, 0.2) is 82.9 Å². The molecular formula is C22H16N4OS. The van der Waals surface area contributed by atoms with E-state index < -0.39 is 0 Å². The van der Waals surface area contributed by atoms with E-state index in [1.54, 1.807) is 28.7 Å². The predicted molar refractivity (Wildman–Crippen MR) is 110 cm³/mol. The van der Waals surface area contributed by atoms with Gasteiger partial charge in [0.1, 0.15) is 0 Å². The molecule has 2 aromatic heterocycles. The molecule has 3 heterocycles. The summed E-state index contributed by atoms with van der Waals surface area (Å²) in [4.78, 5) is 21.9. The molecular weight excluding hydrogens is 368 g/mol. The van der Waals surface area contributed by atoms with E-state index in [0.717, 1.165) is 27.9 Å². The van der Waals surface area contributed by atoms with Crippen molar-refractivity contribution in [1.82, 2.24) is 15.0 Å². The van der Waals surface area contributed by atoms with Crippen LogP contribution in [0.3, 0.4) is 0 Å². The van der Waals surface area contributed by atoms with E-state index >= 15 is 0 Å². The second-order valence-corrected chi connectivity index (χ2v) is 7.38. The molecule has 136 valence electrons. The molecule has 0 N–H and O–H groups in total. The highest BCUT2D eigenvalue weighted by atomic mass is 32.1. The Morgan fingerprint density at radius 1 is 1.00 bits per heavy atom. The SMILES string of the molecule is O=C(c1ccccc1)N1N=C(c2ccsc2)CC1c1ccc2nccnc2c1. The number of hydrogen-bond acceptors (Lipinski definition) is 5. The Morgan fingerprint density at radius 2 is 1.82 bits per heavy atom. The third-order valence-electron chi connectivity index (χ3n) is 4.87. The molecule has 0 spiro atoms. The van der Waals surface area contributed by atoms with Crippen molar-refractivity contribution < 1.29 is 4.79 Å². The number of carbonyl (C=O) groups is 1. The van der Waals surface area contributed by atoms with Crippen LogP contribution in [0, 0.1) is 0 Å². The number of carbonyl (C=O) groups excluding carboxylic acids is 1. The maximum atomic E-state index is 13.2. The van der Waals surface area contributed by atoms with Crippen LogP contribution in [0.4, 0.5) is 0 Å². The molecule has 1 atom stereocenters. The van der Waals surface area contributed by atoms with Crippen LogP contribution in [0.25, 0.3) is 11.0 Å². The smallest absolute Gasteiger partial charge is 0.267 e. The third-order valence-corrected chi connectivity index (χ3v) is 5.55. The highest BCUT2D eigenvalue weighted by Crippen LogP contribution is 2.35. The number of aromatic nitrogens is 2. The standard InChI is InChI=1S/C22H16N4OS/c27-22(15-4-2-1-3-5-15)26-21(13-19(25-26)17-8-11-28-14-17)16-6-7-18-20(12-16)24-10-9-23-18/h1-12,14,21H,13H2. The minimum atomic E-state index is -0.172. The van der Waals surface area contributed by atoms with E-state index in [0.29, 0.717) is 12.0 Å². The molecule has 4 aromatic rings. The minimum Gasteiger partial charge on any atom is -0.267 e. The maximum Gasteiger partial charge on any atom is 0.274 e. The predicted octanol–water partition coefficient (Wildman–Crippen LogP) is 4.68. The Morgan fingerprint density at radius 3 is 2.61 bits per heavy atom. The molecule has 0 bridgehead atoms. The zero-order valence-electron chi connectivity index (χ0n) is 14.9. The number of amides is 1. The van der Waals surface area contributed by atoms with Crippen molar-refractivity contribution >= 4 is 34.0 Å². The zero-order valence-corrected chi connectivity index (χ0v) is 15.7. The lowest BCUT2D eigenvalue weighted by Gasteiger charge is -2.22. The molecule has 0 saturated heterocycles. The normalized spacial score (nSPS) is 16.4. The average molecular weight is 384 g/mol. The number of rotatable bonds is 3. The molecule has 6 heteroatoms. The van der Waals surface area contributed by atoms with E-state index in [1.807, 2.05) is 60.0 Å². The van der Waals surface area contributed by atoms with Crippen LogP contribution >= 0.6 is 11.3 Å². The van der Waals surface area contributed by atoms with Crippen LogP contribution < -0.4 is 0 Å². The lowest BCUT2D eigenvalue weighted by molar-refractivity contribution is 0.0711. The molecule has 0 fully saturated rings. The molecule has 1 aliphatic heterocycles. The van der Waals surface area contributed by atoms with Crippen molar-refractivity contribution in [3.8, 4) is 0 Å². The molecule has 5 rings (SSSR count). The number of fused-ring (bicyclic) bond motifs is 1. The van der Waals surface area contributed by atoms with Gasteiger partial charge in [0, 0.05) is 29.9 Å². The van der Waals surface area contributed by atoms with Gasteiger partial charge in [0.05, 0.1) is 22.8 Å². The number of benzene rings is 2. The van der Waals surface area contributed by atoms with Gasteiger partial charge in [0.25, 0.3) is 5.91 Å². The van der Waals surface area contributed by atoms with Crippen LogP contribution in [0.1, 0.15) is 33.9 Å². The summed E-state index contributed by atoms with van der Waals surface area (Å²) in [6.07, 6.45) is 4.03. The fourth-order valence-electron chi connectivity index (χ4n) is 3.46. The first kappa shape index (κ1) is 16.8. The summed E-state index contributed by atoms with van der Waals surface area (Å²) in [5.74, 6) is -0.102. The number of nitrogens with zero attached hydrogens (tertiary/aromatic N) is 4. The first-order valence-corrected chi connectivity index (χ1v) is 9.93. The quantitative estimate of drug-likeness (QED) is 0.515. The lowest BCUT2D eigenvalue weighted by atomic mass is 9.98. The van der Waals surface area contributed by atoms with Gasteiger partial charge in [-0.15, -0.1) is 0 Å². The van der Waals surface area contributed by atoms with E-state index in [2.05, 4.69) is 15.3 Å². The molecule has 1 aliphatic rings. The van der Waals surface area contributed by atoms with Gasteiger partial charge < -0.3 is 0 Å². The topological polar surface area (TPSA) is 58.5 Å². The Labute approximate surface area is 166 Å². The van der Waals surface area contributed by atoms with Crippen molar-refractivity contribution in [2.75, 3.05) is 0 Å². The van der Waals surface area contributed by atoms with Gasteiger partial charge in [0.2, 0.25) is 0 Å². The molecule has 1 unspecified atom stereocenters. The molecule has 0 aliphatic carbocycles. The van der Waals surface area contributed by atoms with Crippen LogP contribution in [-0.2, 0) is 0 Å². The summed E-state index contributed by atoms with van der Waals surface area (Å²) in [6.45, 7) is 0. The average Bonchev–Trinajstić information content (AvgIpc) is 3.43. The van der Waals surface area contributed by atoms with Crippen molar-refractivity contribution in [3.63, 3.8) is 0 Å². The molecule has 0 saturated carbocycles. The first-order valence-electron chi connectivity index (χ1n) is 8.99. The van der Waals surface area contributed by atoms with E-state index in [4.69, 9.17) is 5.10 Å². The van der Waals surface area contributed by atoms with Gasteiger partial charge in [-0.1, -0.05) is 24.3 Å². The Hall–Kier alpha value is -3.38. The number of hydrogen-bond donors (Lipinski definition) is 0. The number of thiophene rings is 1. The van der Waals surface area contributed by atoms with Gasteiger partial charge in [-0.2, -0.15) is 16.4 Å². The van der Waals surface area contributed by atoms with Crippen molar-refractivity contribution in [3.05, 3.63) is 94.4 Å². The number of hydrazone groups is 1. The van der Waals surface area contributed by atoms with E-state index in [9.17, 15) is 4.79 Å². The Bertz CT molecular complexity index is 1170. The summed E-state index contributed by atoms with van der Waals surface area (Å²) < 4.78 is 0. The van der Waals surface area contributed by atoms with Gasteiger partial charge in [-0.3, -0.25) is 14.8 Å². The molecule has 5 nitrogen and oxygen atoms in total. The van der Waals surface area contributed by atoms with E-state index in [-0.39, 0.29) is 11.9 Å². The second kappa shape index (κ2) is 6.98. The largest absolute Gasteiger partial charge is 0.274 e. The maximum absolute atomic E-state index is 13.2. The lowest BCUT2D eigenvalue weighted by Crippen LogP contribution is -2.27. The molecule has 2 aromatic carbocycles. The van der Waals surface area contributed by atoms with Gasteiger partial charge in [-0.25, -0.2) is 5.01 Å². The summed E-state index contributed by atoms with van der Waals surface area (Å²) in [5, 5.41) is 10.4. The second-order valence-electron chi connectivity index (χ2n) is 6.60. The molecule has 0 radical (unpaired) electrons. The van der Waals surface area contributed by atoms with Crippen molar-refractivity contribution in [1.29, 1.82) is 0 Å². The third kappa shape index (κ3) is 2.97. The van der Waals surface area contributed by atoms with Gasteiger partial charge in [0.15, 0.2) is 0 Å². The van der Waals surface area contributed by atoms with Crippen LogP contribution in [-0.4, -0.2) is 26.6 Å². The highest BCUT2D eigenvalue weighted by Gasteiger charge is 2.34. The summed E-state index contributed by atoms with van der Waals surface area (Å²) in [7, 11) is 0. The van der Waals surface area contributed by atoms with E-state index in [1.165, 1.54) is 0 Å². The van der Waals surface area contributed by atoms with Gasteiger partial charge in [-0.05, 0) is 46.7 Å². The minimum absolute atomic E-state index is 0.102. The fourth-order valence-corrected chi connectivity index (χ4v) is 4.13. The summed E-state index contributed by atoms with van der Waals surface area (Å²) in [6, 6.07) is 17.1.